The summed E-state index contributed by atoms with van der Waals surface area (Å²) in [5.74, 6) is 0. The molecule has 94 heavy (non-hydrogen) atoms. The van der Waals surface area contributed by atoms with Gasteiger partial charge in [-0.3, -0.25) is 0 Å². The predicted molar refractivity (Wildman–Crippen MR) is 454 cm³/mol. The van der Waals surface area contributed by atoms with Crippen LogP contribution in [0.4, 0.5) is 0 Å². The molecule has 0 saturated carbocycles. The SMILES string of the molecule is C.C.CC.CC.CC.CC.CC.CC.CC.CC.CC.CC.CC.CCC.CCC.CCC.[CH3-].[CH3-].[Y].c1ccc2ccccc2c1.c1ccccc1.c1ccccc1.c1ccccc1.c1ccccc1.c1ccccc1.c1ccccc1.c1ccccc1.c1ccccc1. The Morgan fingerprint density at radius 1 is 0.138 bits per heavy atom. The average molecular weight is 1370 g/mol. The van der Waals surface area contributed by atoms with Crippen LogP contribution in [-0.4, -0.2) is 0 Å². The first kappa shape index (κ1) is 136. The van der Waals surface area contributed by atoms with Gasteiger partial charge in [0.15, 0.2) is 0 Å². The van der Waals surface area contributed by atoms with Crippen LogP contribution in [0.5, 0.6) is 0 Å². The first-order valence-corrected chi connectivity index (χ1v) is 34.6. The first-order chi connectivity index (χ1) is 44.2. The van der Waals surface area contributed by atoms with Crippen LogP contribution in [0.15, 0.2) is 340 Å². The molecule has 0 N–H and O–H groups in total. The van der Waals surface area contributed by atoms with Gasteiger partial charge in [0.2, 0.25) is 0 Å². The second-order valence-corrected chi connectivity index (χ2v) is 13.7. The first-order valence-electron chi connectivity index (χ1n) is 34.6. The summed E-state index contributed by atoms with van der Waals surface area (Å²) in [5.41, 5.74) is 0. The second kappa shape index (κ2) is 185. The maximum absolute atomic E-state index is 2.12. The zero-order valence-corrected chi connectivity index (χ0v) is 68.9. The van der Waals surface area contributed by atoms with Crippen molar-refractivity contribution in [1.82, 2.24) is 0 Å². The summed E-state index contributed by atoms with van der Waals surface area (Å²) in [4.78, 5) is 0. The van der Waals surface area contributed by atoms with Crippen molar-refractivity contribution >= 4 is 10.8 Å². The molecule has 0 atom stereocenters. The molecule has 0 aliphatic rings. The van der Waals surface area contributed by atoms with E-state index in [1.807, 2.05) is 444 Å². The molecule has 0 bridgehead atoms. The van der Waals surface area contributed by atoms with Gasteiger partial charge < -0.3 is 14.9 Å². The van der Waals surface area contributed by atoms with Gasteiger partial charge in [-0.25, -0.2) is 0 Å². The molecule has 1 radical (unpaired) electrons. The number of rotatable bonds is 0. The monoisotopic (exact) mass is 1370 g/mol. The van der Waals surface area contributed by atoms with Crippen molar-refractivity contribution in [3.05, 3.63) is 355 Å². The van der Waals surface area contributed by atoms with E-state index in [1.54, 1.807) is 0 Å². The maximum atomic E-state index is 2.12. The van der Waals surface area contributed by atoms with Gasteiger partial charge in [0.05, 0.1) is 0 Å². The van der Waals surface area contributed by atoms with E-state index in [9.17, 15) is 0 Å². The average Bonchev–Trinajstić information content (AvgIpc) is 1.19. The molecule has 0 heterocycles. The predicted octanol–water partition coefficient (Wildman–Crippen LogP) is 34.0. The fourth-order valence-corrected chi connectivity index (χ4v) is 4.21. The minimum Gasteiger partial charge on any atom is -0.358 e. The third kappa shape index (κ3) is 172. The fraction of sp³-hybridized carbons (Fsp3) is 0.355. The zero-order chi connectivity index (χ0) is 70.9. The molecular weight excluding hydrogens is 1210 g/mol. The molecule has 10 aromatic rings. The molecule has 0 saturated heterocycles. The third-order valence-corrected chi connectivity index (χ3v) is 6.99. The van der Waals surface area contributed by atoms with E-state index in [2.05, 4.69) is 90.1 Å². The van der Waals surface area contributed by atoms with Crippen molar-refractivity contribution in [2.75, 3.05) is 0 Å². The van der Waals surface area contributed by atoms with Crippen molar-refractivity contribution in [1.29, 1.82) is 0 Å². The molecule has 0 fully saturated rings. The smallest absolute Gasteiger partial charge is 0 e. The van der Waals surface area contributed by atoms with Crippen LogP contribution in [0.3, 0.4) is 0 Å². The van der Waals surface area contributed by atoms with Gasteiger partial charge in [-0.2, -0.15) is 0 Å². The minimum atomic E-state index is 0. The Balaban J connectivity index is -0.0000000409. The molecule has 1 heteroatoms. The Morgan fingerprint density at radius 3 is 0.223 bits per heavy atom. The van der Waals surface area contributed by atoms with E-state index in [0.29, 0.717) is 0 Å². The summed E-state index contributed by atoms with van der Waals surface area (Å²) in [6.45, 7) is 56.8. The van der Waals surface area contributed by atoms with Crippen molar-refractivity contribution in [3.8, 4) is 0 Å². The van der Waals surface area contributed by atoms with Crippen molar-refractivity contribution < 1.29 is 32.7 Å². The van der Waals surface area contributed by atoms with Crippen LogP contribution in [-0.2, 0) is 32.7 Å². The summed E-state index contributed by atoms with van der Waals surface area (Å²) >= 11 is 0. The molecule has 537 valence electrons. The molecule has 0 nitrogen and oxygen atoms in total. The molecule has 0 aliphatic carbocycles. The fourth-order valence-electron chi connectivity index (χ4n) is 4.21. The van der Waals surface area contributed by atoms with E-state index in [1.165, 1.54) is 30.0 Å². The zero-order valence-electron chi connectivity index (χ0n) is 66.0. The van der Waals surface area contributed by atoms with Crippen LogP contribution >= 0.6 is 0 Å². The maximum Gasteiger partial charge on any atom is 0 e. The largest absolute Gasteiger partial charge is 0.358 e. The Bertz CT molecular complexity index is 1530. The van der Waals surface area contributed by atoms with Gasteiger partial charge in [-0.1, -0.05) is 568 Å². The summed E-state index contributed by atoms with van der Waals surface area (Å²) in [7, 11) is 0. The third-order valence-electron chi connectivity index (χ3n) is 6.99. The molecule has 0 aliphatic heterocycles. The molecule has 0 unspecified atom stereocenters. The van der Waals surface area contributed by atoms with Gasteiger partial charge in [0, 0.05) is 32.7 Å². The number of fused-ring (bicyclic) bond motifs is 1. The topological polar surface area (TPSA) is 0 Å². The van der Waals surface area contributed by atoms with Crippen LogP contribution in [0, 0.1) is 14.9 Å². The van der Waals surface area contributed by atoms with E-state index in [-0.39, 0.29) is 62.4 Å². The molecule has 0 aromatic heterocycles. The van der Waals surface area contributed by atoms with E-state index in [0.717, 1.165) is 0 Å². The van der Waals surface area contributed by atoms with Gasteiger partial charge in [-0.15, -0.1) is 0 Å². The Morgan fingerprint density at radius 2 is 0.181 bits per heavy atom. The molecule has 10 aromatic carbocycles. The second-order valence-electron chi connectivity index (χ2n) is 13.7. The van der Waals surface area contributed by atoms with Crippen LogP contribution in [0.1, 0.15) is 228 Å². The van der Waals surface area contributed by atoms with E-state index >= 15 is 0 Å². The van der Waals surface area contributed by atoms with Gasteiger partial charge in [-0.05, 0) is 10.8 Å². The standard InChI is InChI=1S/C10H8.8C6H6.3C3H8.11C2H6.2CH4.2CH3.Y/c1-2-6-10-8-4-3-7-9(10)5-1;8*1-2-4-6-5-3-1;3*1-3-2;11*1-2;;;;;/h1-8H;8*1-6H;3*3H2,1-2H3;11*1-2H3;2*1H4;2*1H3;/q;;;;;;;;;;;;;;;;;;;;;;;;;2*-1;. The van der Waals surface area contributed by atoms with Crippen LogP contribution in [0.2, 0.25) is 0 Å². The molecule has 0 amide bonds. The quantitative estimate of drug-likeness (QED) is 0.133. The summed E-state index contributed by atoms with van der Waals surface area (Å²) in [6, 6.07) is 113. The van der Waals surface area contributed by atoms with Crippen molar-refractivity contribution in [2.24, 2.45) is 0 Å². The number of hydrogen-bond acceptors (Lipinski definition) is 0. The van der Waals surface area contributed by atoms with Gasteiger partial charge >= 0.3 is 0 Å². The van der Waals surface area contributed by atoms with Crippen LogP contribution in [0.25, 0.3) is 10.8 Å². The summed E-state index contributed by atoms with van der Waals surface area (Å²) in [5, 5.41) is 2.62. The summed E-state index contributed by atoms with van der Waals surface area (Å²) < 4.78 is 0. The Labute approximate surface area is 621 Å². The van der Waals surface area contributed by atoms with Crippen molar-refractivity contribution in [3.63, 3.8) is 0 Å². The normalized spacial score (nSPS) is 6.43. The number of benzene rings is 10. The van der Waals surface area contributed by atoms with Crippen LogP contribution < -0.4 is 0 Å². The van der Waals surface area contributed by atoms with E-state index < -0.39 is 0 Å². The molecule has 0 spiro atoms. The van der Waals surface area contributed by atoms with Crippen molar-refractivity contribution in [2.45, 2.75) is 228 Å². The minimum absolute atomic E-state index is 0. The summed E-state index contributed by atoms with van der Waals surface area (Å²) in [6.07, 6.45) is 3.75. The molecule has 10 rings (SSSR count). The van der Waals surface area contributed by atoms with E-state index in [4.69, 9.17) is 0 Å². The Kier molecular flexibility index (Phi) is 267. The molecular formula is C93H160Y-2. The van der Waals surface area contributed by atoms with Gasteiger partial charge in [0.25, 0.3) is 0 Å². The number of hydrogen-bond donors (Lipinski definition) is 0. The Hall–Kier alpha value is -6.44. The van der Waals surface area contributed by atoms with Gasteiger partial charge in [0.1, 0.15) is 0 Å².